The lowest BCUT2D eigenvalue weighted by Crippen LogP contribution is -2.34. The maximum absolute atomic E-state index is 6.32. The Balaban J connectivity index is 2.11. The molecule has 1 aliphatic rings. The summed E-state index contributed by atoms with van der Waals surface area (Å²) >= 11 is 0. The molecule has 2 aromatic rings. The van der Waals surface area contributed by atoms with E-state index in [1.54, 1.807) is 10.7 Å². The lowest BCUT2D eigenvalue weighted by molar-refractivity contribution is 0.432. The summed E-state index contributed by atoms with van der Waals surface area (Å²) in [7, 11) is 0. The molecular weight excluding hydrogens is 202 g/mol. The Morgan fingerprint density at radius 3 is 2.88 bits per heavy atom. The number of aryl methyl sites for hydroxylation is 1. The van der Waals surface area contributed by atoms with Gasteiger partial charge in [-0.1, -0.05) is 12.8 Å². The van der Waals surface area contributed by atoms with Crippen molar-refractivity contribution in [3.63, 3.8) is 0 Å². The number of fused-ring (bicyclic) bond motifs is 1. The van der Waals surface area contributed by atoms with Crippen molar-refractivity contribution in [1.82, 2.24) is 19.6 Å². The van der Waals surface area contributed by atoms with Crippen LogP contribution >= 0.6 is 0 Å². The summed E-state index contributed by atoms with van der Waals surface area (Å²) in [6.07, 6.45) is 8.01. The zero-order valence-corrected chi connectivity index (χ0v) is 9.35. The van der Waals surface area contributed by atoms with Gasteiger partial charge in [0.25, 0.3) is 5.78 Å². The largest absolute Gasteiger partial charge is 0.319 e. The molecule has 1 saturated carbocycles. The fraction of sp³-hybridized carbons (Fsp3) is 0.545. The van der Waals surface area contributed by atoms with Gasteiger partial charge in [-0.15, -0.1) is 5.10 Å². The van der Waals surface area contributed by atoms with E-state index in [1.807, 2.05) is 13.1 Å². The molecule has 1 fully saturated rings. The van der Waals surface area contributed by atoms with Crippen molar-refractivity contribution < 1.29 is 0 Å². The fourth-order valence-corrected chi connectivity index (χ4v) is 2.32. The van der Waals surface area contributed by atoms with Gasteiger partial charge < -0.3 is 5.73 Å². The van der Waals surface area contributed by atoms with Crippen LogP contribution in [0, 0.1) is 6.92 Å². The lowest BCUT2D eigenvalue weighted by Gasteiger charge is -2.18. The Hall–Kier alpha value is -1.49. The molecule has 0 aromatic carbocycles. The third kappa shape index (κ3) is 1.39. The molecule has 0 aliphatic heterocycles. The van der Waals surface area contributed by atoms with Crippen molar-refractivity contribution in [2.24, 2.45) is 5.73 Å². The van der Waals surface area contributed by atoms with Crippen LogP contribution in [0.5, 0.6) is 0 Å². The summed E-state index contributed by atoms with van der Waals surface area (Å²) in [5, 5.41) is 4.45. The summed E-state index contributed by atoms with van der Waals surface area (Å²) < 4.78 is 1.72. The number of rotatable bonds is 1. The molecule has 2 heterocycles. The number of aromatic nitrogens is 4. The Labute approximate surface area is 93.7 Å². The van der Waals surface area contributed by atoms with Gasteiger partial charge in [-0.3, -0.25) is 0 Å². The molecule has 3 rings (SSSR count). The minimum atomic E-state index is -0.332. The Morgan fingerprint density at radius 2 is 2.12 bits per heavy atom. The average Bonchev–Trinajstić information content (AvgIpc) is 2.84. The summed E-state index contributed by atoms with van der Waals surface area (Å²) in [6, 6.07) is 0. The van der Waals surface area contributed by atoms with E-state index in [0.29, 0.717) is 5.78 Å². The first-order valence-corrected chi connectivity index (χ1v) is 5.66. The maximum Gasteiger partial charge on any atom is 0.252 e. The van der Waals surface area contributed by atoms with E-state index in [4.69, 9.17) is 5.73 Å². The van der Waals surface area contributed by atoms with E-state index >= 15 is 0 Å². The van der Waals surface area contributed by atoms with E-state index in [9.17, 15) is 0 Å². The summed E-state index contributed by atoms with van der Waals surface area (Å²) in [6.45, 7) is 1.99. The van der Waals surface area contributed by atoms with Gasteiger partial charge in [0, 0.05) is 12.4 Å². The normalized spacial score (nSPS) is 19.4. The van der Waals surface area contributed by atoms with Crippen molar-refractivity contribution in [3.8, 4) is 0 Å². The SMILES string of the molecule is Cc1cnc2nc(C3(N)CCCC3)nn2c1. The highest BCUT2D eigenvalue weighted by Crippen LogP contribution is 2.34. The molecule has 5 heteroatoms. The Bertz CT molecular complexity index is 524. The monoisotopic (exact) mass is 217 g/mol. The highest BCUT2D eigenvalue weighted by molar-refractivity contribution is 5.29. The van der Waals surface area contributed by atoms with Gasteiger partial charge in [0.15, 0.2) is 5.82 Å². The molecule has 84 valence electrons. The van der Waals surface area contributed by atoms with Crippen molar-refractivity contribution in [2.45, 2.75) is 38.1 Å². The molecule has 0 spiro atoms. The smallest absolute Gasteiger partial charge is 0.252 e. The van der Waals surface area contributed by atoms with Gasteiger partial charge in [0.05, 0.1) is 5.54 Å². The van der Waals surface area contributed by atoms with Crippen LogP contribution < -0.4 is 5.73 Å². The summed E-state index contributed by atoms with van der Waals surface area (Å²) in [5.41, 5.74) is 7.06. The minimum Gasteiger partial charge on any atom is -0.319 e. The summed E-state index contributed by atoms with van der Waals surface area (Å²) in [4.78, 5) is 8.66. The molecule has 5 nitrogen and oxygen atoms in total. The van der Waals surface area contributed by atoms with Gasteiger partial charge in [0.1, 0.15) is 0 Å². The lowest BCUT2D eigenvalue weighted by atomic mass is 9.99. The Morgan fingerprint density at radius 1 is 1.38 bits per heavy atom. The highest BCUT2D eigenvalue weighted by atomic mass is 15.3. The number of nitrogens with zero attached hydrogens (tertiary/aromatic N) is 4. The second-order valence-corrected chi connectivity index (χ2v) is 4.67. The second kappa shape index (κ2) is 3.25. The van der Waals surface area contributed by atoms with Crippen molar-refractivity contribution in [1.29, 1.82) is 0 Å². The molecule has 0 radical (unpaired) electrons. The van der Waals surface area contributed by atoms with Gasteiger partial charge in [-0.2, -0.15) is 4.98 Å². The first-order valence-electron chi connectivity index (χ1n) is 5.66. The first kappa shape index (κ1) is 9.72. The topological polar surface area (TPSA) is 69.1 Å². The quantitative estimate of drug-likeness (QED) is 0.778. The fourth-order valence-electron chi connectivity index (χ4n) is 2.32. The second-order valence-electron chi connectivity index (χ2n) is 4.67. The molecule has 2 N–H and O–H groups in total. The van der Waals surface area contributed by atoms with E-state index < -0.39 is 0 Å². The Kier molecular flexibility index (Phi) is 1.97. The summed E-state index contributed by atoms with van der Waals surface area (Å²) in [5.74, 6) is 1.38. The predicted molar refractivity (Wildman–Crippen MR) is 59.9 cm³/mol. The third-order valence-electron chi connectivity index (χ3n) is 3.26. The number of nitrogens with two attached hydrogens (primary N) is 1. The van der Waals surface area contributed by atoms with Crippen LogP contribution in [0.15, 0.2) is 12.4 Å². The molecule has 0 amide bonds. The van der Waals surface area contributed by atoms with Crippen molar-refractivity contribution in [3.05, 3.63) is 23.8 Å². The van der Waals surface area contributed by atoms with E-state index in [1.165, 1.54) is 12.8 Å². The molecular formula is C11H15N5. The van der Waals surface area contributed by atoms with E-state index in [-0.39, 0.29) is 5.54 Å². The number of hydrogen-bond donors (Lipinski definition) is 1. The minimum absolute atomic E-state index is 0.332. The van der Waals surface area contributed by atoms with Crippen LogP contribution in [0.25, 0.3) is 5.78 Å². The van der Waals surface area contributed by atoms with Crippen LogP contribution in [0.3, 0.4) is 0 Å². The zero-order valence-electron chi connectivity index (χ0n) is 9.35. The van der Waals surface area contributed by atoms with Gasteiger partial charge >= 0.3 is 0 Å². The zero-order chi connectivity index (χ0) is 11.2. The molecule has 0 unspecified atom stereocenters. The van der Waals surface area contributed by atoms with Crippen LogP contribution in [-0.2, 0) is 5.54 Å². The van der Waals surface area contributed by atoms with Gasteiger partial charge in [-0.25, -0.2) is 9.50 Å². The van der Waals surface area contributed by atoms with E-state index in [0.717, 1.165) is 24.2 Å². The first-order chi connectivity index (χ1) is 7.67. The standard InChI is InChI=1S/C11H15N5/c1-8-6-13-10-14-9(15-16(10)7-8)11(12)4-2-3-5-11/h6-7H,2-5,12H2,1H3. The van der Waals surface area contributed by atoms with Crippen LogP contribution in [0.4, 0.5) is 0 Å². The average molecular weight is 217 g/mol. The van der Waals surface area contributed by atoms with Gasteiger partial charge in [-0.05, 0) is 25.3 Å². The maximum atomic E-state index is 6.32. The molecule has 0 bridgehead atoms. The van der Waals surface area contributed by atoms with Crippen molar-refractivity contribution >= 4 is 5.78 Å². The molecule has 16 heavy (non-hydrogen) atoms. The highest BCUT2D eigenvalue weighted by Gasteiger charge is 2.35. The number of hydrogen-bond acceptors (Lipinski definition) is 4. The van der Waals surface area contributed by atoms with Crippen LogP contribution in [-0.4, -0.2) is 19.6 Å². The third-order valence-corrected chi connectivity index (χ3v) is 3.26. The molecule has 0 atom stereocenters. The van der Waals surface area contributed by atoms with Crippen molar-refractivity contribution in [2.75, 3.05) is 0 Å². The predicted octanol–water partition coefficient (Wildman–Crippen LogP) is 1.16. The molecule has 0 saturated heterocycles. The van der Waals surface area contributed by atoms with Crippen LogP contribution in [0.2, 0.25) is 0 Å². The van der Waals surface area contributed by atoms with Crippen LogP contribution in [0.1, 0.15) is 37.1 Å². The molecule has 1 aliphatic carbocycles. The van der Waals surface area contributed by atoms with E-state index in [2.05, 4.69) is 15.1 Å². The molecule has 2 aromatic heterocycles. The van der Waals surface area contributed by atoms with Gasteiger partial charge in [0.2, 0.25) is 0 Å².